The lowest BCUT2D eigenvalue weighted by Gasteiger charge is -2.26. The van der Waals surface area contributed by atoms with E-state index in [-0.39, 0.29) is 51.2 Å². The molecule has 0 saturated heterocycles. The smallest absolute Gasteiger partial charge is 0.328 e. The summed E-state index contributed by atoms with van der Waals surface area (Å²) in [6.45, 7) is 7.89. The highest BCUT2D eigenvalue weighted by atomic mass is 33.1. The summed E-state index contributed by atoms with van der Waals surface area (Å²) >= 11 is 0. The summed E-state index contributed by atoms with van der Waals surface area (Å²) in [5.41, 5.74) is 2.29. The summed E-state index contributed by atoms with van der Waals surface area (Å²) in [7, 11) is -0.119. The van der Waals surface area contributed by atoms with Gasteiger partial charge in [0, 0.05) is 44.9 Å². The van der Waals surface area contributed by atoms with E-state index in [0.29, 0.717) is 37.5 Å². The third-order valence-corrected chi connectivity index (χ3v) is 14.0. The fourth-order valence-electron chi connectivity index (χ4n) is 3.91. The van der Waals surface area contributed by atoms with E-state index >= 15 is 0 Å². The molecule has 4 amide bonds. The molecule has 0 aliphatic carbocycles. The van der Waals surface area contributed by atoms with Crippen LogP contribution < -0.4 is 21.4 Å². The van der Waals surface area contributed by atoms with Crippen molar-refractivity contribution in [3.63, 3.8) is 0 Å². The number of carbonyl (C=O) groups is 5. The molecule has 1 aromatic rings. The Hall–Kier alpha value is -2.61. The van der Waals surface area contributed by atoms with Gasteiger partial charge in [0.1, 0.15) is 23.9 Å². The monoisotopic (exact) mass is 797 g/mol. The molecule has 290 valence electrons. The van der Waals surface area contributed by atoms with Gasteiger partial charge in [0.15, 0.2) is 16.6 Å². The number of aromatic nitrogens is 1. The lowest BCUT2D eigenvalue weighted by Crippen LogP contribution is -2.50. The molecule has 0 spiro atoms. The van der Waals surface area contributed by atoms with Crippen LogP contribution in [0.1, 0.15) is 19.3 Å². The first-order valence-corrected chi connectivity index (χ1v) is 24.9. The minimum Gasteiger partial charge on any atom is -0.480 e. The second kappa shape index (κ2) is 26.2. The van der Waals surface area contributed by atoms with Crippen LogP contribution in [0.2, 0.25) is 38.3 Å². The van der Waals surface area contributed by atoms with Crippen molar-refractivity contribution in [3.8, 4) is 0 Å². The number of aliphatic carboxylic acids is 1. The van der Waals surface area contributed by atoms with E-state index in [2.05, 4.69) is 31.5 Å². The number of carboxylic acids is 1. The summed E-state index contributed by atoms with van der Waals surface area (Å²) in [4.78, 5) is 70.3. The van der Waals surface area contributed by atoms with Crippen LogP contribution in [0.25, 0.3) is 0 Å². The second-order valence-corrected chi connectivity index (χ2v) is 23.3. The molecule has 1 rings (SSSR count). The van der Waals surface area contributed by atoms with Gasteiger partial charge in [-0.1, -0.05) is 16.9 Å². The van der Waals surface area contributed by atoms with Crippen LogP contribution in [0.5, 0.6) is 0 Å². The highest BCUT2D eigenvalue weighted by Crippen LogP contribution is 2.29. The van der Waals surface area contributed by atoms with Gasteiger partial charge in [0.25, 0.3) is 5.91 Å². The molecule has 2 unspecified atom stereocenters. The fraction of sp³-hybridized carbons (Fsp3) is 0.667. The van der Waals surface area contributed by atoms with Gasteiger partial charge in [-0.25, -0.2) is 15.3 Å². The molecule has 0 saturated carbocycles. The van der Waals surface area contributed by atoms with Crippen LogP contribution >= 0.6 is 21.6 Å². The molecule has 51 heavy (non-hydrogen) atoms. The minimum atomic E-state index is -2.30. The van der Waals surface area contributed by atoms with Crippen LogP contribution in [0.4, 0.5) is 0 Å². The molecular formula is C30H53N5O12S2Si2. The first-order chi connectivity index (χ1) is 24.7. The van der Waals surface area contributed by atoms with Crippen LogP contribution in [0.3, 0.4) is 0 Å². The van der Waals surface area contributed by atoms with Gasteiger partial charge in [-0.2, -0.15) is 0 Å². The maximum absolute atomic E-state index is 12.8. The van der Waals surface area contributed by atoms with E-state index < -0.39 is 53.1 Å². The number of pyridine rings is 1. The molecule has 1 aromatic heterocycles. The van der Waals surface area contributed by atoms with Crippen molar-refractivity contribution in [2.75, 3.05) is 59.2 Å². The van der Waals surface area contributed by atoms with E-state index in [4.69, 9.17) is 29.7 Å². The van der Waals surface area contributed by atoms with Gasteiger partial charge in [-0.3, -0.25) is 24.0 Å². The normalized spacial score (nSPS) is 13.1. The van der Waals surface area contributed by atoms with Gasteiger partial charge in [0.2, 0.25) is 19.2 Å². The lowest BCUT2D eigenvalue weighted by molar-refractivity contribution is -0.143. The molecule has 0 fully saturated rings. The molecule has 0 aliphatic heterocycles. The van der Waals surface area contributed by atoms with Gasteiger partial charge >= 0.3 is 5.97 Å². The van der Waals surface area contributed by atoms with Crippen LogP contribution in [-0.4, -0.2) is 134 Å². The predicted octanol–water partition coefficient (Wildman–Crippen LogP) is 1.27. The summed E-state index contributed by atoms with van der Waals surface area (Å²) in [6.07, 6.45) is 2.20. The number of nitrogens with zero attached hydrogens (tertiary/aromatic N) is 1. The minimum absolute atomic E-state index is 0.0130. The Morgan fingerprint density at radius 3 is 2.14 bits per heavy atom. The van der Waals surface area contributed by atoms with Gasteiger partial charge in [0.05, 0.1) is 33.0 Å². The van der Waals surface area contributed by atoms with E-state index in [1.807, 2.05) is 44.4 Å². The number of carbonyl (C=O) groups excluding carboxylic acids is 4. The molecule has 6 N–H and O–H groups in total. The van der Waals surface area contributed by atoms with E-state index in [0.717, 1.165) is 5.03 Å². The van der Waals surface area contributed by atoms with Crippen molar-refractivity contribution in [2.45, 2.75) is 74.6 Å². The van der Waals surface area contributed by atoms with E-state index in [1.165, 1.54) is 28.7 Å². The van der Waals surface area contributed by atoms with Crippen molar-refractivity contribution < 1.29 is 57.4 Å². The number of aliphatic hydroxyl groups excluding tert-OH is 1. The third kappa shape index (κ3) is 23.6. The fourth-order valence-corrected chi connectivity index (χ4v) is 8.99. The van der Waals surface area contributed by atoms with E-state index in [1.54, 1.807) is 6.20 Å². The number of hydrogen-bond acceptors (Lipinski definition) is 14. The van der Waals surface area contributed by atoms with Gasteiger partial charge in [-0.05, 0) is 61.2 Å². The number of nitrogens with one attached hydrogen (secondary N) is 4. The second-order valence-electron chi connectivity index (χ2n) is 12.2. The van der Waals surface area contributed by atoms with Crippen LogP contribution in [0, 0.1) is 0 Å². The molecule has 0 bridgehead atoms. The summed E-state index contributed by atoms with van der Waals surface area (Å²) in [5.74, 6) is -2.30. The molecule has 0 radical (unpaired) electrons. The molecule has 2 atom stereocenters. The number of carboxylic acid groups (broad SMARTS) is 1. The number of methoxy groups -OCH3 is 1. The topological polar surface area (TPSA) is 233 Å². The molecular weight excluding hydrogens is 743 g/mol. The highest BCUT2D eigenvalue weighted by molar-refractivity contribution is 8.76. The molecule has 1 heterocycles. The number of ether oxygens (including phenoxy) is 2. The Morgan fingerprint density at radius 2 is 1.57 bits per heavy atom. The van der Waals surface area contributed by atoms with Crippen molar-refractivity contribution in [3.05, 3.63) is 24.4 Å². The Balaban J connectivity index is 2.36. The van der Waals surface area contributed by atoms with E-state index in [9.17, 15) is 24.0 Å². The summed E-state index contributed by atoms with van der Waals surface area (Å²) < 4.78 is 29.0. The number of amides is 4. The van der Waals surface area contributed by atoms with Crippen LogP contribution in [0.15, 0.2) is 29.4 Å². The number of rotatable bonds is 30. The largest absolute Gasteiger partial charge is 0.480 e. The number of aliphatic hydroxyl groups is 1. The van der Waals surface area contributed by atoms with Crippen molar-refractivity contribution >= 4 is 67.8 Å². The maximum Gasteiger partial charge on any atom is 0.328 e. The third-order valence-electron chi connectivity index (χ3n) is 6.81. The lowest BCUT2D eigenvalue weighted by atomic mass is 10.3. The molecule has 0 aliphatic rings. The highest BCUT2D eigenvalue weighted by Gasteiger charge is 2.28. The quantitative estimate of drug-likeness (QED) is 0.0212. The average molecular weight is 798 g/mol. The zero-order chi connectivity index (χ0) is 38.8. The number of hydrogen-bond donors (Lipinski definition) is 6. The van der Waals surface area contributed by atoms with Crippen molar-refractivity contribution in [1.29, 1.82) is 1.43 Å². The van der Waals surface area contributed by atoms with Gasteiger partial charge < -0.3 is 44.5 Å². The number of hydroxylamine groups is 1. The van der Waals surface area contributed by atoms with Crippen LogP contribution in [-0.2, 0) is 47.1 Å². The standard InChI is InChI=1S/C30H53N5O12S2Si2/c1-43-22-44-21-24(29(40)35-45-14-13-31-25(37)9-17-48-49-28-8-6-7-12-32-28)34-27(39)11-19-51(4,5)47-16-15-46-50(2,3)18-10-26(38)33-23(20-36)30(41)42/h6-8,12,23-24,36H,9-11,13-22H2,1-5H3,(H,31,37)(H,33,38)(H,34,39)(H,35,40)(H,41,42)/i36T. The average Bonchev–Trinajstić information content (AvgIpc) is 3.10. The first kappa shape index (κ1) is 44.6. The Morgan fingerprint density at radius 1 is 0.922 bits per heavy atom. The maximum atomic E-state index is 12.8. The molecule has 21 heteroatoms. The molecule has 0 aromatic carbocycles. The van der Waals surface area contributed by atoms with Gasteiger partial charge in [-0.15, -0.1) is 0 Å². The molecule has 17 nitrogen and oxygen atoms in total. The Kier molecular flexibility index (Phi) is 22.9. The Labute approximate surface area is 310 Å². The Bertz CT molecular complexity index is 1230. The van der Waals surface area contributed by atoms with Crippen molar-refractivity contribution in [1.82, 2.24) is 26.4 Å². The first-order valence-electron chi connectivity index (χ1n) is 16.7. The summed E-state index contributed by atoms with van der Waals surface area (Å²) in [6, 6.07) is 4.20. The zero-order valence-electron chi connectivity index (χ0n) is 30.9. The zero-order valence-corrected chi connectivity index (χ0v) is 33.5. The predicted molar refractivity (Wildman–Crippen MR) is 196 cm³/mol. The SMILES string of the molecule is [3H]OCC(NC(=O)CC[Si](C)(C)OCCO[Si](C)(C)CCC(=O)NC(COCOC)C(=O)NOCCNC(=O)CCSSc1ccccn1)C(=O)O. The van der Waals surface area contributed by atoms with Crippen molar-refractivity contribution in [2.24, 2.45) is 0 Å². The summed E-state index contributed by atoms with van der Waals surface area (Å²) in [5, 5.41) is 21.8.